The van der Waals surface area contributed by atoms with E-state index in [-0.39, 0.29) is 28.7 Å². The van der Waals surface area contributed by atoms with E-state index in [0.29, 0.717) is 17.5 Å². The van der Waals surface area contributed by atoms with Gasteiger partial charge in [-0.1, -0.05) is 49.6 Å². The topological polar surface area (TPSA) is 66.8 Å². The highest BCUT2D eigenvalue weighted by molar-refractivity contribution is 8.16. The number of carbonyl (C=O) groups is 1. The summed E-state index contributed by atoms with van der Waals surface area (Å²) in [7, 11) is -3.05. The minimum absolute atomic E-state index is 0.0497. The third-order valence-electron chi connectivity index (χ3n) is 6.36. The van der Waals surface area contributed by atoms with Crippen molar-refractivity contribution in [1.29, 1.82) is 0 Å². The maximum atomic E-state index is 12.6. The Hall–Kier alpha value is -1.34. The van der Waals surface area contributed by atoms with Crippen molar-refractivity contribution in [2.45, 2.75) is 63.7 Å². The van der Waals surface area contributed by atoms with Gasteiger partial charge < -0.3 is 4.90 Å². The summed E-state index contributed by atoms with van der Waals surface area (Å²) in [6.07, 6.45) is 6.43. The predicted octanol–water partition coefficient (Wildman–Crippen LogP) is 3.88. The summed E-state index contributed by atoms with van der Waals surface area (Å²) < 4.78 is 24.4. The van der Waals surface area contributed by atoms with E-state index in [1.54, 1.807) is 0 Å². The molecule has 152 valence electrons. The summed E-state index contributed by atoms with van der Waals surface area (Å²) in [5.41, 5.74) is 3.23. The first-order valence-corrected chi connectivity index (χ1v) is 12.9. The monoisotopic (exact) mass is 420 g/mol. The van der Waals surface area contributed by atoms with Gasteiger partial charge in [0.1, 0.15) is 0 Å². The van der Waals surface area contributed by atoms with Gasteiger partial charge >= 0.3 is 0 Å². The van der Waals surface area contributed by atoms with Crippen LogP contribution in [0, 0.1) is 19.8 Å². The second-order valence-corrected chi connectivity index (χ2v) is 11.7. The molecule has 7 heteroatoms. The highest BCUT2D eigenvalue weighted by Crippen LogP contribution is 2.42. The van der Waals surface area contributed by atoms with Crippen molar-refractivity contribution in [1.82, 2.24) is 0 Å². The molecule has 0 bridgehead atoms. The molecule has 1 amide bonds. The molecule has 0 spiro atoms. The van der Waals surface area contributed by atoms with Crippen LogP contribution in [-0.2, 0) is 14.6 Å². The van der Waals surface area contributed by atoms with Gasteiger partial charge in [0.25, 0.3) is 0 Å². The SMILES string of the molecule is Cc1cccc(N2C(=NC(=O)CCC3CCCC3)S[C@@H]3CS(=O)(=O)C[C@@H]32)c1C. The van der Waals surface area contributed by atoms with Gasteiger partial charge in [-0.3, -0.25) is 4.79 Å². The van der Waals surface area contributed by atoms with Crippen LogP contribution in [0.25, 0.3) is 0 Å². The number of hydrogen-bond donors (Lipinski definition) is 0. The van der Waals surface area contributed by atoms with Crippen molar-refractivity contribution in [2.24, 2.45) is 10.9 Å². The Morgan fingerprint density at radius 3 is 2.71 bits per heavy atom. The Balaban J connectivity index is 1.60. The van der Waals surface area contributed by atoms with E-state index < -0.39 is 9.84 Å². The quantitative estimate of drug-likeness (QED) is 0.740. The number of rotatable bonds is 4. The number of amides is 1. The summed E-state index contributed by atoms with van der Waals surface area (Å²) >= 11 is 1.46. The number of anilines is 1. The lowest BCUT2D eigenvalue weighted by Crippen LogP contribution is -2.38. The molecule has 0 aromatic heterocycles. The summed E-state index contributed by atoms with van der Waals surface area (Å²) in [6.45, 7) is 4.10. The van der Waals surface area contributed by atoms with Crippen molar-refractivity contribution < 1.29 is 13.2 Å². The van der Waals surface area contributed by atoms with Crippen LogP contribution in [-0.4, -0.2) is 42.3 Å². The van der Waals surface area contributed by atoms with E-state index in [1.807, 2.05) is 24.0 Å². The molecule has 28 heavy (non-hydrogen) atoms. The number of sulfone groups is 1. The first-order valence-electron chi connectivity index (χ1n) is 10.2. The second kappa shape index (κ2) is 7.82. The van der Waals surface area contributed by atoms with Gasteiger partial charge in [-0.25, -0.2) is 8.42 Å². The molecule has 0 N–H and O–H groups in total. The maximum absolute atomic E-state index is 12.6. The average molecular weight is 421 g/mol. The highest BCUT2D eigenvalue weighted by atomic mass is 32.2. The summed E-state index contributed by atoms with van der Waals surface area (Å²) in [5.74, 6) is 0.888. The van der Waals surface area contributed by atoms with E-state index in [9.17, 15) is 13.2 Å². The number of amidine groups is 1. The number of fused-ring (bicyclic) bond motifs is 1. The van der Waals surface area contributed by atoms with E-state index in [1.165, 1.54) is 37.4 Å². The Morgan fingerprint density at radius 1 is 1.21 bits per heavy atom. The second-order valence-electron chi connectivity index (χ2n) is 8.37. The molecular weight excluding hydrogens is 392 g/mol. The number of nitrogens with zero attached hydrogens (tertiary/aromatic N) is 2. The van der Waals surface area contributed by atoms with Crippen LogP contribution in [0.15, 0.2) is 23.2 Å². The fourth-order valence-electron chi connectivity index (χ4n) is 4.63. The Morgan fingerprint density at radius 2 is 1.96 bits per heavy atom. The van der Waals surface area contributed by atoms with Gasteiger partial charge in [0.15, 0.2) is 15.0 Å². The fraction of sp³-hybridized carbons (Fsp3) is 0.619. The zero-order chi connectivity index (χ0) is 19.9. The third-order valence-corrected chi connectivity index (χ3v) is 9.57. The highest BCUT2D eigenvalue weighted by Gasteiger charge is 2.49. The molecule has 1 aliphatic carbocycles. The van der Waals surface area contributed by atoms with Crippen molar-refractivity contribution >= 4 is 38.4 Å². The smallest absolute Gasteiger partial charge is 0.248 e. The van der Waals surface area contributed by atoms with Crippen LogP contribution in [0.2, 0.25) is 0 Å². The zero-order valence-corrected chi connectivity index (χ0v) is 18.2. The van der Waals surface area contributed by atoms with Crippen LogP contribution in [0.4, 0.5) is 5.69 Å². The number of thioether (sulfide) groups is 1. The number of aryl methyl sites for hydroxylation is 1. The molecule has 5 nitrogen and oxygen atoms in total. The molecule has 1 aromatic carbocycles. The largest absolute Gasteiger partial charge is 0.315 e. The molecule has 3 fully saturated rings. The molecular formula is C21H28N2O3S2. The van der Waals surface area contributed by atoms with Gasteiger partial charge in [-0.15, -0.1) is 0 Å². The van der Waals surface area contributed by atoms with Gasteiger partial charge in [-0.05, 0) is 43.4 Å². The number of benzene rings is 1. The van der Waals surface area contributed by atoms with Gasteiger partial charge in [0.05, 0.1) is 17.5 Å². The molecule has 2 saturated heterocycles. The normalized spacial score (nSPS) is 28.2. The molecule has 2 atom stereocenters. The lowest BCUT2D eigenvalue weighted by Gasteiger charge is -2.27. The lowest BCUT2D eigenvalue weighted by molar-refractivity contribution is -0.118. The van der Waals surface area contributed by atoms with E-state index in [4.69, 9.17) is 0 Å². The van der Waals surface area contributed by atoms with Crippen LogP contribution in [0.1, 0.15) is 49.7 Å². The van der Waals surface area contributed by atoms with Gasteiger partial charge in [0, 0.05) is 17.4 Å². The summed E-state index contributed by atoms with van der Waals surface area (Å²) in [5, 5.41) is 0.626. The predicted molar refractivity (Wildman–Crippen MR) is 116 cm³/mol. The molecule has 2 aliphatic heterocycles. The van der Waals surface area contributed by atoms with Crippen LogP contribution in [0.3, 0.4) is 0 Å². The third kappa shape index (κ3) is 4.01. The number of aliphatic imine (C=N–C) groups is 1. The van der Waals surface area contributed by atoms with Crippen molar-refractivity contribution in [2.75, 3.05) is 16.4 Å². The minimum atomic E-state index is -3.05. The fourth-order valence-corrected chi connectivity index (χ4v) is 8.56. The first kappa shape index (κ1) is 20.0. The lowest BCUT2D eigenvalue weighted by atomic mass is 10.0. The average Bonchev–Trinajstić information content (AvgIpc) is 3.31. The molecule has 0 radical (unpaired) electrons. The van der Waals surface area contributed by atoms with E-state index >= 15 is 0 Å². The number of carbonyl (C=O) groups excluding carboxylic acids is 1. The Labute approximate surface area is 171 Å². The Kier molecular flexibility index (Phi) is 5.58. The Bertz CT molecular complexity index is 904. The molecule has 2 heterocycles. The standard InChI is InChI=1S/C21H28N2O3S2/c1-14-6-5-9-17(15(14)2)23-18-12-28(25,26)13-19(18)27-21(23)22-20(24)11-10-16-7-3-4-8-16/h5-6,9,16,18-19H,3-4,7-8,10-13H2,1-2H3/t18-,19+/m0/s1. The maximum Gasteiger partial charge on any atom is 0.248 e. The summed E-state index contributed by atoms with van der Waals surface area (Å²) in [6, 6.07) is 5.90. The van der Waals surface area contributed by atoms with Crippen molar-refractivity contribution in [3.05, 3.63) is 29.3 Å². The number of hydrogen-bond acceptors (Lipinski definition) is 4. The summed E-state index contributed by atoms with van der Waals surface area (Å²) in [4.78, 5) is 19.1. The molecule has 0 unspecified atom stereocenters. The van der Waals surface area contributed by atoms with Crippen LogP contribution in [0.5, 0.6) is 0 Å². The van der Waals surface area contributed by atoms with E-state index in [2.05, 4.69) is 18.0 Å². The molecule has 1 aromatic rings. The minimum Gasteiger partial charge on any atom is -0.315 e. The molecule has 3 aliphatic rings. The molecule has 4 rings (SSSR count). The first-order chi connectivity index (χ1) is 13.3. The zero-order valence-electron chi connectivity index (χ0n) is 16.6. The molecule has 1 saturated carbocycles. The van der Waals surface area contributed by atoms with Crippen molar-refractivity contribution in [3.8, 4) is 0 Å². The van der Waals surface area contributed by atoms with E-state index in [0.717, 1.165) is 23.2 Å². The van der Waals surface area contributed by atoms with Gasteiger partial charge in [-0.2, -0.15) is 4.99 Å². The van der Waals surface area contributed by atoms with Crippen LogP contribution >= 0.6 is 11.8 Å². The van der Waals surface area contributed by atoms with Crippen LogP contribution < -0.4 is 4.90 Å². The van der Waals surface area contributed by atoms with Gasteiger partial charge in [0.2, 0.25) is 5.91 Å². The van der Waals surface area contributed by atoms with Crippen molar-refractivity contribution in [3.63, 3.8) is 0 Å².